The molecule has 0 radical (unpaired) electrons. The molecule has 2 rings (SSSR count). The first-order chi connectivity index (χ1) is 8.20. The molecule has 1 heteroatoms. The summed E-state index contributed by atoms with van der Waals surface area (Å²) < 4.78 is 0. The average molecular weight is 237 g/mol. The lowest BCUT2D eigenvalue weighted by atomic mass is 9.84. The number of hydrogen-bond acceptors (Lipinski definition) is 1. The lowest BCUT2D eigenvalue weighted by Gasteiger charge is -2.25. The predicted octanol–water partition coefficient (Wildman–Crippen LogP) is 4.23. The van der Waals surface area contributed by atoms with Crippen LogP contribution in [0.25, 0.3) is 0 Å². The van der Waals surface area contributed by atoms with Crippen molar-refractivity contribution in [3.63, 3.8) is 0 Å². The summed E-state index contributed by atoms with van der Waals surface area (Å²) in [6, 6.07) is 0.749. The molecule has 0 heterocycles. The molecule has 100 valence electrons. The highest BCUT2D eigenvalue weighted by molar-refractivity contribution is 4.89. The molecule has 0 aromatic carbocycles. The molecule has 17 heavy (non-hydrogen) atoms. The maximum absolute atomic E-state index is 3.64. The van der Waals surface area contributed by atoms with Crippen molar-refractivity contribution >= 4 is 0 Å². The zero-order valence-corrected chi connectivity index (χ0v) is 12.0. The van der Waals surface area contributed by atoms with Gasteiger partial charge in [0.1, 0.15) is 0 Å². The van der Waals surface area contributed by atoms with Crippen molar-refractivity contribution < 1.29 is 0 Å². The van der Waals surface area contributed by atoms with Gasteiger partial charge in [0.25, 0.3) is 0 Å². The number of fused-ring (bicyclic) bond motifs is 2. The second kappa shape index (κ2) is 6.22. The topological polar surface area (TPSA) is 12.0 Å². The average Bonchev–Trinajstić information content (AvgIpc) is 2.89. The zero-order chi connectivity index (χ0) is 12.3. The molecule has 0 aromatic rings. The highest BCUT2D eigenvalue weighted by atomic mass is 14.9. The fraction of sp³-hybridized carbons (Fsp3) is 1.00. The van der Waals surface area contributed by atoms with E-state index in [1.165, 1.54) is 19.3 Å². The van der Waals surface area contributed by atoms with E-state index in [1.807, 2.05) is 0 Å². The molecule has 0 amide bonds. The maximum atomic E-state index is 3.64. The molecule has 0 aliphatic heterocycles. The summed E-state index contributed by atoms with van der Waals surface area (Å²) in [5, 5.41) is 3.64. The van der Waals surface area contributed by atoms with Crippen LogP contribution in [0.2, 0.25) is 0 Å². The third-order valence-electron chi connectivity index (χ3n) is 5.25. The molecule has 2 aliphatic carbocycles. The predicted molar refractivity (Wildman–Crippen MR) is 75.1 cm³/mol. The van der Waals surface area contributed by atoms with Gasteiger partial charge in [0.15, 0.2) is 0 Å². The minimum Gasteiger partial charge on any atom is -0.314 e. The van der Waals surface area contributed by atoms with Crippen LogP contribution in [0.4, 0.5) is 0 Å². The number of hydrogen-bond donors (Lipinski definition) is 1. The summed E-state index contributed by atoms with van der Waals surface area (Å²) in [4.78, 5) is 0. The van der Waals surface area contributed by atoms with Crippen LogP contribution in [-0.2, 0) is 0 Å². The molecule has 2 fully saturated rings. The Kier molecular flexibility index (Phi) is 4.90. The molecule has 0 aromatic heterocycles. The van der Waals surface area contributed by atoms with Crippen LogP contribution in [0.15, 0.2) is 0 Å². The summed E-state index contributed by atoms with van der Waals surface area (Å²) in [6.07, 6.45) is 10.6. The quantitative estimate of drug-likeness (QED) is 0.699. The highest BCUT2D eigenvalue weighted by Gasteiger charge is 2.38. The molecule has 2 saturated carbocycles. The van der Waals surface area contributed by atoms with Gasteiger partial charge in [0.05, 0.1) is 0 Å². The van der Waals surface area contributed by atoms with Crippen LogP contribution in [0.1, 0.15) is 65.7 Å². The van der Waals surface area contributed by atoms with Crippen LogP contribution in [0, 0.1) is 23.7 Å². The van der Waals surface area contributed by atoms with Crippen LogP contribution in [0.3, 0.4) is 0 Å². The van der Waals surface area contributed by atoms with Crippen LogP contribution in [0.5, 0.6) is 0 Å². The van der Waals surface area contributed by atoms with Crippen molar-refractivity contribution in [3.05, 3.63) is 0 Å². The molecule has 4 unspecified atom stereocenters. The molecule has 4 atom stereocenters. The third-order valence-corrected chi connectivity index (χ3v) is 5.25. The van der Waals surface area contributed by atoms with Crippen LogP contribution < -0.4 is 5.32 Å². The first-order valence-corrected chi connectivity index (χ1v) is 7.94. The molecular formula is C16H31N. The Balaban J connectivity index is 1.64. The van der Waals surface area contributed by atoms with Gasteiger partial charge in [-0.05, 0) is 55.9 Å². The Morgan fingerprint density at radius 3 is 2.53 bits per heavy atom. The molecular weight excluding hydrogens is 206 g/mol. The third kappa shape index (κ3) is 3.47. The molecule has 1 nitrogen and oxygen atoms in total. The van der Waals surface area contributed by atoms with Gasteiger partial charge in [0.2, 0.25) is 0 Å². The van der Waals surface area contributed by atoms with Gasteiger partial charge in [-0.3, -0.25) is 0 Å². The molecule has 1 N–H and O–H groups in total. The summed E-state index contributed by atoms with van der Waals surface area (Å²) in [5.74, 6) is 4.13. The second-order valence-corrected chi connectivity index (χ2v) is 6.77. The summed E-state index contributed by atoms with van der Waals surface area (Å²) in [6.45, 7) is 8.05. The van der Waals surface area contributed by atoms with Crippen molar-refractivity contribution in [3.8, 4) is 0 Å². The Labute approximate surface area is 108 Å². The summed E-state index contributed by atoms with van der Waals surface area (Å²) in [7, 11) is 0. The molecule has 2 aliphatic rings. The standard InChI is InChI=1S/C16H31N/c1-4-17-16(12(2)3)7-5-6-14-10-13-8-9-15(14)11-13/h12-17H,4-11H2,1-3H3. The van der Waals surface area contributed by atoms with E-state index in [0.29, 0.717) is 0 Å². The number of nitrogens with one attached hydrogen (secondary N) is 1. The molecule has 0 spiro atoms. The summed E-state index contributed by atoms with van der Waals surface area (Å²) >= 11 is 0. The van der Waals surface area contributed by atoms with E-state index in [-0.39, 0.29) is 0 Å². The van der Waals surface area contributed by atoms with Crippen molar-refractivity contribution in [2.45, 2.75) is 71.8 Å². The molecule has 2 bridgehead atoms. The Bertz CT molecular complexity index is 222. The largest absolute Gasteiger partial charge is 0.314 e. The lowest BCUT2D eigenvalue weighted by Crippen LogP contribution is -2.33. The Morgan fingerprint density at radius 2 is 2.00 bits per heavy atom. The van der Waals surface area contributed by atoms with Gasteiger partial charge in [-0.2, -0.15) is 0 Å². The smallest absolute Gasteiger partial charge is 0.00899 e. The van der Waals surface area contributed by atoms with E-state index >= 15 is 0 Å². The maximum Gasteiger partial charge on any atom is 0.00899 e. The van der Waals surface area contributed by atoms with E-state index in [1.54, 1.807) is 25.7 Å². The van der Waals surface area contributed by atoms with Gasteiger partial charge >= 0.3 is 0 Å². The summed E-state index contributed by atoms with van der Waals surface area (Å²) in [5.41, 5.74) is 0. The molecule has 0 saturated heterocycles. The first-order valence-electron chi connectivity index (χ1n) is 7.94. The van der Waals surface area contributed by atoms with Crippen molar-refractivity contribution in [2.75, 3.05) is 6.54 Å². The van der Waals surface area contributed by atoms with Gasteiger partial charge in [-0.1, -0.05) is 40.0 Å². The van der Waals surface area contributed by atoms with Crippen molar-refractivity contribution in [1.29, 1.82) is 0 Å². The van der Waals surface area contributed by atoms with E-state index < -0.39 is 0 Å². The fourth-order valence-electron chi connectivity index (χ4n) is 4.26. The normalized spacial score (nSPS) is 33.5. The van der Waals surface area contributed by atoms with E-state index in [9.17, 15) is 0 Å². The fourth-order valence-corrected chi connectivity index (χ4v) is 4.26. The first kappa shape index (κ1) is 13.4. The van der Waals surface area contributed by atoms with Gasteiger partial charge in [-0.25, -0.2) is 0 Å². The van der Waals surface area contributed by atoms with Crippen LogP contribution >= 0.6 is 0 Å². The Hall–Kier alpha value is -0.0400. The SMILES string of the molecule is CCNC(CCCC1CC2CCC1C2)C(C)C. The van der Waals surface area contributed by atoms with E-state index in [0.717, 1.165) is 36.3 Å². The van der Waals surface area contributed by atoms with E-state index in [2.05, 4.69) is 26.1 Å². The minimum absolute atomic E-state index is 0.749. The van der Waals surface area contributed by atoms with Crippen molar-refractivity contribution in [2.24, 2.45) is 23.7 Å². The minimum atomic E-state index is 0.749. The second-order valence-electron chi connectivity index (χ2n) is 6.77. The van der Waals surface area contributed by atoms with Gasteiger partial charge in [-0.15, -0.1) is 0 Å². The van der Waals surface area contributed by atoms with Crippen molar-refractivity contribution in [1.82, 2.24) is 5.32 Å². The highest BCUT2D eigenvalue weighted by Crippen LogP contribution is 2.50. The zero-order valence-electron chi connectivity index (χ0n) is 12.0. The van der Waals surface area contributed by atoms with Gasteiger partial charge in [0, 0.05) is 6.04 Å². The monoisotopic (exact) mass is 237 g/mol. The van der Waals surface area contributed by atoms with Gasteiger partial charge < -0.3 is 5.32 Å². The lowest BCUT2D eigenvalue weighted by molar-refractivity contribution is 0.289. The van der Waals surface area contributed by atoms with Crippen LogP contribution in [-0.4, -0.2) is 12.6 Å². The van der Waals surface area contributed by atoms with E-state index in [4.69, 9.17) is 0 Å². The Morgan fingerprint density at radius 1 is 1.18 bits per heavy atom. The number of rotatable bonds is 7.